The molecule has 0 radical (unpaired) electrons. The van der Waals surface area contributed by atoms with Crippen molar-refractivity contribution in [1.29, 1.82) is 0 Å². The van der Waals surface area contributed by atoms with Gasteiger partial charge in [-0.05, 0) is 55.8 Å². The molecule has 2 N–H and O–H groups in total. The number of hydrogen-bond donors (Lipinski definition) is 2. The molecule has 2 rings (SSSR count). The van der Waals surface area contributed by atoms with Crippen LogP contribution in [0.3, 0.4) is 0 Å². The van der Waals surface area contributed by atoms with Crippen LogP contribution in [-0.2, 0) is 6.42 Å². The summed E-state index contributed by atoms with van der Waals surface area (Å²) in [7, 11) is 2.06. The van der Waals surface area contributed by atoms with Gasteiger partial charge in [0.1, 0.15) is 5.75 Å². The van der Waals surface area contributed by atoms with E-state index in [1.165, 1.54) is 31.2 Å². The van der Waals surface area contributed by atoms with Crippen LogP contribution < -0.4 is 5.32 Å². The van der Waals surface area contributed by atoms with Gasteiger partial charge in [0.15, 0.2) is 0 Å². The first-order valence-corrected chi connectivity index (χ1v) is 7.18. The number of phenolic OH excluding ortho intramolecular Hbond substituents is 1. The van der Waals surface area contributed by atoms with Crippen molar-refractivity contribution >= 4 is 0 Å². The topological polar surface area (TPSA) is 32.3 Å². The van der Waals surface area contributed by atoms with Gasteiger partial charge in [0.25, 0.3) is 0 Å². The Morgan fingerprint density at radius 3 is 2.83 bits per heavy atom. The Morgan fingerprint density at radius 2 is 2.22 bits per heavy atom. The smallest absolute Gasteiger partial charge is 0.115 e. The Balaban J connectivity index is 1.97. The fraction of sp³-hybridized carbons (Fsp3) is 0.625. The Bertz CT molecular complexity index is 377. The lowest BCUT2D eigenvalue weighted by Crippen LogP contribution is -2.34. The molecule has 1 aromatic rings. The van der Waals surface area contributed by atoms with Crippen molar-refractivity contribution < 1.29 is 5.11 Å². The first kappa shape index (κ1) is 13.4. The molecule has 1 saturated carbocycles. The lowest BCUT2D eigenvalue weighted by atomic mass is 9.91. The SMILES string of the molecule is CCC1CCC(C(Cc2cccc(O)c2)NC)C1. The van der Waals surface area contributed by atoms with Crippen LogP contribution in [0.5, 0.6) is 5.75 Å². The maximum absolute atomic E-state index is 9.52. The summed E-state index contributed by atoms with van der Waals surface area (Å²) in [6.45, 7) is 2.30. The highest BCUT2D eigenvalue weighted by atomic mass is 16.3. The summed E-state index contributed by atoms with van der Waals surface area (Å²) in [5.74, 6) is 2.09. The molecule has 100 valence electrons. The zero-order valence-corrected chi connectivity index (χ0v) is 11.5. The van der Waals surface area contributed by atoms with E-state index in [9.17, 15) is 5.11 Å². The number of likely N-dealkylation sites (N-methyl/N-ethyl adjacent to an activating group) is 1. The zero-order chi connectivity index (χ0) is 13.0. The van der Waals surface area contributed by atoms with E-state index in [1.807, 2.05) is 12.1 Å². The van der Waals surface area contributed by atoms with Gasteiger partial charge in [0, 0.05) is 6.04 Å². The van der Waals surface area contributed by atoms with Crippen molar-refractivity contribution in [2.75, 3.05) is 7.05 Å². The molecule has 1 aliphatic carbocycles. The molecule has 0 aromatic heterocycles. The minimum atomic E-state index is 0.375. The van der Waals surface area contributed by atoms with Gasteiger partial charge in [-0.15, -0.1) is 0 Å². The van der Waals surface area contributed by atoms with Gasteiger partial charge in [-0.25, -0.2) is 0 Å². The lowest BCUT2D eigenvalue weighted by molar-refractivity contribution is 0.361. The fourth-order valence-corrected chi connectivity index (χ4v) is 3.29. The molecule has 2 heteroatoms. The van der Waals surface area contributed by atoms with Gasteiger partial charge in [0.2, 0.25) is 0 Å². The second-order valence-electron chi connectivity index (χ2n) is 5.62. The van der Waals surface area contributed by atoms with Gasteiger partial charge in [-0.3, -0.25) is 0 Å². The quantitative estimate of drug-likeness (QED) is 0.836. The number of nitrogens with one attached hydrogen (secondary N) is 1. The normalized spacial score (nSPS) is 25.2. The van der Waals surface area contributed by atoms with E-state index in [-0.39, 0.29) is 0 Å². The van der Waals surface area contributed by atoms with E-state index in [1.54, 1.807) is 6.07 Å². The fourth-order valence-electron chi connectivity index (χ4n) is 3.29. The molecular weight excluding hydrogens is 222 g/mol. The van der Waals surface area contributed by atoms with E-state index < -0.39 is 0 Å². The van der Waals surface area contributed by atoms with Gasteiger partial charge in [-0.2, -0.15) is 0 Å². The van der Waals surface area contributed by atoms with Crippen LogP contribution in [0.25, 0.3) is 0 Å². The predicted molar refractivity (Wildman–Crippen MR) is 75.8 cm³/mol. The molecule has 0 saturated heterocycles. The molecule has 1 aromatic carbocycles. The van der Waals surface area contributed by atoms with Crippen LogP contribution in [0.1, 0.15) is 38.2 Å². The number of phenols is 1. The molecule has 2 nitrogen and oxygen atoms in total. The summed E-state index contributed by atoms with van der Waals surface area (Å²) < 4.78 is 0. The van der Waals surface area contributed by atoms with Crippen LogP contribution in [0.4, 0.5) is 0 Å². The summed E-state index contributed by atoms with van der Waals surface area (Å²) in [4.78, 5) is 0. The zero-order valence-electron chi connectivity index (χ0n) is 11.5. The molecule has 3 atom stereocenters. The van der Waals surface area contributed by atoms with Crippen molar-refractivity contribution in [3.05, 3.63) is 29.8 Å². The van der Waals surface area contributed by atoms with Crippen LogP contribution in [-0.4, -0.2) is 18.2 Å². The summed E-state index contributed by atoms with van der Waals surface area (Å²) in [6.07, 6.45) is 6.44. The second-order valence-corrected chi connectivity index (χ2v) is 5.62. The van der Waals surface area contributed by atoms with E-state index in [4.69, 9.17) is 0 Å². The van der Waals surface area contributed by atoms with Crippen LogP contribution >= 0.6 is 0 Å². The van der Waals surface area contributed by atoms with Crippen molar-refractivity contribution in [2.45, 2.75) is 45.1 Å². The van der Waals surface area contributed by atoms with Gasteiger partial charge < -0.3 is 10.4 Å². The highest BCUT2D eigenvalue weighted by Gasteiger charge is 2.29. The molecule has 3 unspecified atom stereocenters. The summed E-state index contributed by atoms with van der Waals surface area (Å²) in [6, 6.07) is 8.21. The summed E-state index contributed by atoms with van der Waals surface area (Å²) >= 11 is 0. The minimum Gasteiger partial charge on any atom is -0.508 e. The van der Waals surface area contributed by atoms with E-state index in [0.29, 0.717) is 11.8 Å². The highest BCUT2D eigenvalue weighted by molar-refractivity contribution is 5.27. The molecule has 0 bridgehead atoms. The van der Waals surface area contributed by atoms with Crippen molar-refractivity contribution in [1.82, 2.24) is 5.32 Å². The Hall–Kier alpha value is -1.02. The molecule has 1 aliphatic rings. The number of aromatic hydroxyl groups is 1. The standard InChI is InChI=1S/C16H25NO/c1-3-12-7-8-14(9-12)16(17-2)11-13-5-4-6-15(18)10-13/h4-6,10,12,14,16-18H,3,7-9,11H2,1-2H3. The monoisotopic (exact) mass is 247 g/mol. The molecule has 0 aliphatic heterocycles. The molecule has 0 amide bonds. The third-order valence-electron chi connectivity index (χ3n) is 4.47. The van der Waals surface area contributed by atoms with Crippen molar-refractivity contribution in [3.63, 3.8) is 0 Å². The van der Waals surface area contributed by atoms with Gasteiger partial charge in [0.05, 0.1) is 0 Å². The second kappa shape index (κ2) is 6.24. The predicted octanol–water partition coefficient (Wildman–Crippen LogP) is 3.35. The largest absolute Gasteiger partial charge is 0.508 e. The molecular formula is C16H25NO. The van der Waals surface area contributed by atoms with Gasteiger partial charge >= 0.3 is 0 Å². The van der Waals surface area contributed by atoms with Crippen molar-refractivity contribution in [3.8, 4) is 5.75 Å². The summed E-state index contributed by atoms with van der Waals surface area (Å²) in [5.41, 5.74) is 1.23. The Morgan fingerprint density at radius 1 is 1.39 bits per heavy atom. The van der Waals surface area contributed by atoms with Gasteiger partial charge in [-0.1, -0.05) is 31.9 Å². The maximum Gasteiger partial charge on any atom is 0.115 e. The average molecular weight is 247 g/mol. The van der Waals surface area contributed by atoms with Crippen LogP contribution in [0.2, 0.25) is 0 Å². The number of rotatable bonds is 5. The number of hydrogen-bond acceptors (Lipinski definition) is 2. The van der Waals surface area contributed by atoms with Crippen LogP contribution in [0.15, 0.2) is 24.3 Å². The maximum atomic E-state index is 9.52. The van der Waals surface area contributed by atoms with E-state index in [0.717, 1.165) is 18.3 Å². The summed E-state index contributed by atoms with van der Waals surface area (Å²) in [5, 5.41) is 13.0. The first-order chi connectivity index (χ1) is 8.72. The third-order valence-corrected chi connectivity index (χ3v) is 4.47. The Kier molecular flexibility index (Phi) is 4.65. The molecule has 0 spiro atoms. The lowest BCUT2D eigenvalue weighted by Gasteiger charge is -2.23. The van der Waals surface area contributed by atoms with E-state index in [2.05, 4.69) is 25.4 Å². The van der Waals surface area contributed by atoms with E-state index >= 15 is 0 Å². The average Bonchev–Trinajstić information content (AvgIpc) is 2.84. The highest BCUT2D eigenvalue weighted by Crippen LogP contribution is 2.35. The molecule has 18 heavy (non-hydrogen) atoms. The number of benzene rings is 1. The first-order valence-electron chi connectivity index (χ1n) is 7.18. The Labute approximate surface area is 110 Å². The molecule has 0 heterocycles. The van der Waals surface area contributed by atoms with Crippen molar-refractivity contribution in [2.24, 2.45) is 11.8 Å². The van der Waals surface area contributed by atoms with Crippen LogP contribution in [0, 0.1) is 11.8 Å². The molecule has 1 fully saturated rings. The minimum absolute atomic E-state index is 0.375. The third kappa shape index (κ3) is 3.26.